The molecule has 5 heteroatoms. The third-order valence-corrected chi connectivity index (χ3v) is 5.60. The fraction of sp³-hybridized carbons (Fsp3) is 0.462. The van der Waals surface area contributed by atoms with Gasteiger partial charge in [0, 0.05) is 24.8 Å². The first-order chi connectivity index (χ1) is 14.8. The maximum absolute atomic E-state index is 13.1. The van der Waals surface area contributed by atoms with E-state index in [1.54, 1.807) is 6.07 Å². The lowest BCUT2D eigenvalue weighted by molar-refractivity contribution is 0.0301. The summed E-state index contributed by atoms with van der Waals surface area (Å²) in [7, 11) is 0. The van der Waals surface area contributed by atoms with Gasteiger partial charge < -0.3 is 9.72 Å². The van der Waals surface area contributed by atoms with Crippen molar-refractivity contribution in [3.63, 3.8) is 0 Å². The van der Waals surface area contributed by atoms with E-state index in [9.17, 15) is 4.39 Å². The highest BCUT2D eigenvalue weighted by atomic mass is 19.1. The van der Waals surface area contributed by atoms with E-state index < -0.39 is 0 Å². The average molecular weight is 424 g/mol. The van der Waals surface area contributed by atoms with E-state index >= 15 is 0 Å². The third kappa shape index (κ3) is 6.73. The molecule has 2 heterocycles. The lowest BCUT2D eigenvalue weighted by Gasteiger charge is -2.21. The maximum Gasteiger partial charge on any atom is 0.141 e. The Balaban J connectivity index is 1.75. The number of aromatic amines is 1. The van der Waals surface area contributed by atoms with Gasteiger partial charge in [-0.3, -0.25) is 4.98 Å². The number of H-pyrrole nitrogens is 1. The van der Waals surface area contributed by atoms with E-state index in [-0.39, 0.29) is 17.3 Å². The molecule has 166 valence electrons. The van der Waals surface area contributed by atoms with Gasteiger partial charge >= 0.3 is 0 Å². The highest BCUT2D eigenvalue weighted by molar-refractivity contribution is 5.59. The van der Waals surface area contributed by atoms with Crippen LogP contribution < -0.4 is 0 Å². The first kappa shape index (κ1) is 23.1. The highest BCUT2D eigenvalue weighted by Gasteiger charge is 2.21. The van der Waals surface area contributed by atoms with Crippen LogP contribution in [0.1, 0.15) is 64.2 Å². The zero-order chi connectivity index (χ0) is 22.4. The van der Waals surface area contributed by atoms with E-state index in [1.165, 1.54) is 12.3 Å². The third-order valence-electron chi connectivity index (χ3n) is 5.60. The van der Waals surface area contributed by atoms with Crippen LogP contribution in [0.3, 0.4) is 0 Å². The minimum absolute atomic E-state index is 0.129. The smallest absolute Gasteiger partial charge is 0.141 e. The van der Waals surface area contributed by atoms with Crippen molar-refractivity contribution in [3.8, 4) is 11.3 Å². The van der Waals surface area contributed by atoms with Gasteiger partial charge in [0.25, 0.3) is 0 Å². The van der Waals surface area contributed by atoms with Crippen LogP contribution in [-0.4, -0.2) is 21.6 Å². The van der Waals surface area contributed by atoms with E-state index in [0.29, 0.717) is 12.5 Å². The number of pyridine rings is 1. The Morgan fingerprint density at radius 3 is 2.45 bits per heavy atom. The number of halogens is 1. The second-order valence-corrected chi connectivity index (χ2v) is 9.45. The molecule has 0 aliphatic heterocycles. The molecule has 31 heavy (non-hydrogen) atoms. The van der Waals surface area contributed by atoms with E-state index in [4.69, 9.17) is 9.72 Å². The minimum atomic E-state index is -0.328. The lowest BCUT2D eigenvalue weighted by Crippen LogP contribution is -2.15. The molecular formula is C26H34FN3O. The van der Waals surface area contributed by atoms with E-state index in [2.05, 4.69) is 56.7 Å². The molecule has 0 aliphatic rings. The van der Waals surface area contributed by atoms with Crippen molar-refractivity contribution in [3.05, 3.63) is 71.7 Å². The fourth-order valence-corrected chi connectivity index (χ4v) is 3.36. The van der Waals surface area contributed by atoms with Gasteiger partial charge in [-0.05, 0) is 35.4 Å². The van der Waals surface area contributed by atoms with Crippen LogP contribution in [0.25, 0.3) is 11.3 Å². The number of hydrogen-bond donors (Lipinski definition) is 1. The standard InChI is InChI=1S/C26H34FN3O/c1-6-26(4,5)14-22-16-29-25(30-22)24(31-17-18(2)3)13-19-7-9-20(10-8-19)23-12-11-21(27)15-28-23/h7-12,15-16,18,24H,6,13-14,17H2,1-5H3,(H,29,30). The summed E-state index contributed by atoms with van der Waals surface area (Å²) in [5.41, 5.74) is 4.19. The zero-order valence-electron chi connectivity index (χ0n) is 19.3. The number of benzene rings is 1. The topological polar surface area (TPSA) is 50.8 Å². The molecule has 4 nitrogen and oxygen atoms in total. The summed E-state index contributed by atoms with van der Waals surface area (Å²) in [6.07, 6.45) is 5.91. The van der Waals surface area contributed by atoms with Gasteiger partial charge in [0.05, 0.1) is 17.6 Å². The molecule has 1 aromatic carbocycles. The Morgan fingerprint density at radius 1 is 1.10 bits per heavy atom. The second-order valence-electron chi connectivity index (χ2n) is 9.45. The Hall–Kier alpha value is -2.53. The van der Waals surface area contributed by atoms with Crippen molar-refractivity contribution < 1.29 is 9.13 Å². The summed E-state index contributed by atoms with van der Waals surface area (Å²) in [6, 6.07) is 11.3. The monoisotopic (exact) mass is 423 g/mol. The van der Waals surface area contributed by atoms with Crippen LogP contribution in [0.15, 0.2) is 48.8 Å². The molecule has 2 aromatic heterocycles. The quantitative estimate of drug-likeness (QED) is 0.402. The van der Waals surface area contributed by atoms with Crippen LogP contribution in [0.4, 0.5) is 4.39 Å². The van der Waals surface area contributed by atoms with Gasteiger partial charge in [-0.25, -0.2) is 9.37 Å². The van der Waals surface area contributed by atoms with Crippen molar-refractivity contribution in [1.29, 1.82) is 0 Å². The van der Waals surface area contributed by atoms with Crippen molar-refractivity contribution in [1.82, 2.24) is 15.0 Å². The molecule has 0 fully saturated rings. The number of aromatic nitrogens is 3. The van der Waals surface area contributed by atoms with Gasteiger partial charge in [-0.2, -0.15) is 0 Å². The van der Waals surface area contributed by atoms with Crippen molar-refractivity contribution in [2.45, 2.75) is 60.0 Å². The second kappa shape index (κ2) is 10.2. The maximum atomic E-state index is 13.1. The van der Waals surface area contributed by atoms with Gasteiger partial charge in [0.1, 0.15) is 17.7 Å². The van der Waals surface area contributed by atoms with Gasteiger partial charge in [0.2, 0.25) is 0 Å². The lowest BCUT2D eigenvalue weighted by atomic mass is 9.85. The molecule has 0 saturated carbocycles. The van der Waals surface area contributed by atoms with Gasteiger partial charge in [-0.15, -0.1) is 0 Å². The summed E-state index contributed by atoms with van der Waals surface area (Å²) >= 11 is 0. The molecule has 1 atom stereocenters. The van der Waals surface area contributed by atoms with Gasteiger partial charge in [0.15, 0.2) is 0 Å². The van der Waals surface area contributed by atoms with E-state index in [1.807, 2.05) is 18.3 Å². The number of imidazole rings is 1. The molecule has 1 unspecified atom stereocenters. The van der Waals surface area contributed by atoms with Crippen molar-refractivity contribution in [2.24, 2.45) is 11.3 Å². The van der Waals surface area contributed by atoms with Crippen LogP contribution >= 0.6 is 0 Å². The summed E-state index contributed by atoms with van der Waals surface area (Å²) in [5.74, 6) is 1.00. The van der Waals surface area contributed by atoms with Gasteiger partial charge in [-0.1, -0.05) is 65.3 Å². The number of hydrogen-bond acceptors (Lipinski definition) is 3. The first-order valence-corrected chi connectivity index (χ1v) is 11.1. The van der Waals surface area contributed by atoms with Crippen LogP contribution in [-0.2, 0) is 17.6 Å². The minimum Gasteiger partial charge on any atom is -0.370 e. The predicted octanol–water partition coefficient (Wildman–Crippen LogP) is 6.55. The van der Waals surface area contributed by atoms with Crippen LogP contribution in [0, 0.1) is 17.2 Å². The van der Waals surface area contributed by atoms with Crippen LogP contribution in [0.2, 0.25) is 0 Å². The van der Waals surface area contributed by atoms with E-state index in [0.717, 1.165) is 47.6 Å². The fourth-order valence-electron chi connectivity index (χ4n) is 3.36. The van der Waals surface area contributed by atoms with Crippen LogP contribution in [0.5, 0.6) is 0 Å². The molecule has 0 bridgehead atoms. The molecule has 3 rings (SSSR count). The number of nitrogens with zero attached hydrogens (tertiary/aromatic N) is 2. The Morgan fingerprint density at radius 2 is 1.84 bits per heavy atom. The zero-order valence-corrected chi connectivity index (χ0v) is 19.3. The molecule has 0 aliphatic carbocycles. The molecule has 0 saturated heterocycles. The molecule has 1 N–H and O–H groups in total. The normalized spacial score (nSPS) is 13.0. The predicted molar refractivity (Wildman–Crippen MR) is 123 cm³/mol. The number of nitrogens with one attached hydrogen (secondary N) is 1. The molecule has 3 aromatic rings. The summed E-state index contributed by atoms with van der Waals surface area (Å²) < 4.78 is 19.4. The average Bonchev–Trinajstić information content (AvgIpc) is 3.19. The molecular weight excluding hydrogens is 389 g/mol. The Kier molecular flexibility index (Phi) is 7.60. The number of rotatable bonds is 10. The summed E-state index contributed by atoms with van der Waals surface area (Å²) in [4.78, 5) is 12.4. The molecule has 0 spiro atoms. The summed E-state index contributed by atoms with van der Waals surface area (Å²) in [6.45, 7) is 11.7. The summed E-state index contributed by atoms with van der Waals surface area (Å²) in [5, 5.41) is 0. The SMILES string of the molecule is CCC(C)(C)Cc1c[nH]c(C(Cc2ccc(-c3ccc(F)cn3)cc2)OCC(C)C)n1. The number of ether oxygens (including phenoxy) is 1. The van der Waals surface area contributed by atoms with Crippen molar-refractivity contribution in [2.75, 3.05) is 6.61 Å². The first-order valence-electron chi connectivity index (χ1n) is 11.1. The Labute approximate surface area is 185 Å². The van der Waals surface area contributed by atoms with Crippen molar-refractivity contribution >= 4 is 0 Å². The molecule has 0 amide bonds. The largest absolute Gasteiger partial charge is 0.370 e. The highest BCUT2D eigenvalue weighted by Crippen LogP contribution is 2.27. The molecule has 0 radical (unpaired) electrons. The Bertz CT molecular complexity index is 946.